The predicted octanol–water partition coefficient (Wildman–Crippen LogP) is 3.27. The van der Waals surface area contributed by atoms with Crippen LogP contribution in [0.25, 0.3) is 0 Å². The Morgan fingerprint density at radius 2 is 1.89 bits per heavy atom. The van der Waals surface area contributed by atoms with Crippen LogP contribution in [-0.4, -0.2) is 20.6 Å². The summed E-state index contributed by atoms with van der Waals surface area (Å²) in [5.41, 5.74) is 0.270. The van der Waals surface area contributed by atoms with Crippen LogP contribution in [0.2, 0.25) is 0 Å². The van der Waals surface area contributed by atoms with Gasteiger partial charge in [0, 0.05) is 26.3 Å². The lowest BCUT2D eigenvalue weighted by Gasteiger charge is -2.20. The third kappa shape index (κ3) is 3.91. The first-order chi connectivity index (χ1) is 8.36. The van der Waals surface area contributed by atoms with Crippen LogP contribution in [0.3, 0.4) is 0 Å². The number of nitrogens with one attached hydrogen (secondary N) is 1. The summed E-state index contributed by atoms with van der Waals surface area (Å²) >= 11 is 0. The van der Waals surface area contributed by atoms with Crippen LogP contribution in [0, 0.1) is 0 Å². The Hall–Kier alpha value is -1.23. The Kier molecular flexibility index (Phi) is 5.02. The summed E-state index contributed by atoms with van der Waals surface area (Å²) in [5.74, 6) is 0. The van der Waals surface area contributed by atoms with Gasteiger partial charge in [0.25, 0.3) is 0 Å². The smallest absolute Gasteiger partial charge is 0.377 e. The molecule has 1 N–H and O–H groups in total. The van der Waals surface area contributed by atoms with E-state index in [0.29, 0.717) is 12.1 Å². The average molecular weight is 260 g/mol. The van der Waals surface area contributed by atoms with Gasteiger partial charge in [-0.1, -0.05) is 13.0 Å². The zero-order valence-corrected chi connectivity index (χ0v) is 10.9. The summed E-state index contributed by atoms with van der Waals surface area (Å²) in [4.78, 5) is 1.48. The topological polar surface area (TPSA) is 15.3 Å². The maximum absolute atomic E-state index is 12.9. The van der Waals surface area contributed by atoms with E-state index in [1.54, 1.807) is 20.2 Å². The van der Waals surface area contributed by atoms with Gasteiger partial charge in [-0.05, 0) is 30.7 Å². The van der Waals surface area contributed by atoms with Crippen LogP contribution < -0.4 is 10.2 Å². The molecule has 0 amide bonds. The van der Waals surface area contributed by atoms with Gasteiger partial charge in [0.2, 0.25) is 0 Å². The van der Waals surface area contributed by atoms with E-state index < -0.39 is 11.7 Å². The van der Waals surface area contributed by atoms with Crippen LogP contribution in [0.4, 0.5) is 18.9 Å². The van der Waals surface area contributed by atoms with E-state index in [0.717, 1.165) is 13.0 Å². The first-order valence-electron chi connectivity index (χ1n) is 5.94. The highest BCUT2D eigenvalue weighted by Gasteiger charge is 2.34. The van der Waals surface area contributed by atoms with Crippen molar-refractivity contribution in [3.05, 3.63) is 29.3 Å². The van der Waals surface area contributed by atoms with Gasteiger partial charge in [-0.3, -0.25) is 0 Å². The lowest BCUT2D eigenvalue weighted by Crippen LogP contribution is -2.18. The predicted molar refractivity (Wildman–Crippen MR) is 67.8 cm³/mol. The molecule has 0 heterocycles. The number of nitrogens with zero attached hydrogens (tertiary/aromatic N) is 1. The molecule has 1 aromatic rings. The number of hydrogen-bond donors (Lipinski definition) is 1. The molecular weight excluding hydrogens is 241 g/mol. The zero-order chi connectivity index (χ0) is 13.8. The molecular formula is C13H19F3N2. The minimum absolute atomic E-state index is 0.196. The number of halogens is 3. The van der Waals surface area contributed by atoms with Crippen LogP contribution in [0.5, 0.6) is 0 Å². The second-order valence-electron chi connectivity index (χ2n) is 4.42. The maximum Gasteiger partial charge on any atom is 0.418 e. The molecule has 102 valence electrons. The molecule has 0 spiro atoms. The van der Waals surface area contributed by atoms with Crippen molar-refractivity contribution in [2.45, 2.75) is 26.1 Å². The molecule has 18 heavy (non-hydrogen) atoms. The second kappa shape index (κ2) is 6.09. The van der Waals surface area contributed by atoms with Crippen molar-refractivity contribution >= 4 is 5.69 Å². The minimum atomic E-state index is -4.32. The summed E-state index contributed by atoms with van der Waals surface area (Å²) in [6.07, 6.45) is -3.36. The molecule has 0 fully saturated rings. The summed E-state index contributed by atoms with van der Waals surface area (Å²) < 4.78 is 38.8. The number of benzene rings is 1. The van der Waals surface area contributed by atoms with E-state index in [2.05, 4.69) is 5.32 Å². The molecule has 0 unspecified atom stereocenters. The molecule has 0 aliphatic heterocycles. The Balaban J connectivity index is 2.99. The van der Waals surface area contributed by atoms with E-state index in [-0.39, 0.29) is 5.69 Å². The van der Waals surface area contributed by atoms with Crippen molar-refractivity contribution in [3.8, 4) is 0 Å². The molecule has 5 heteroatoms. The molecule has 1 aromatic carbocycles. The van der Waals surface area contributed by atoms with Crippen molar-refractivity contribution in [2.24, 2.45) is 0 Å². The van der Waals surface area contributed by atoms with Gasteiger partial charge in [0.1, 0.15) is 0 Å². The summed E-state index contributed by atoms with van der Waals surface area (Å²) in [6, 6.07) is 4.47. The van der Waals surface area contributed by atoms with Crippen molar-refractivity contribution in [3.63, 3.8) is 0 Å². The van der Waals surface area contributed by atoms with Crippen molar-refractivity contribution in [1.29, 1.82) is 0 Å². The van der Waals surface area contributed by atoms with Gasteiger partial charge < -0.3 is 10.2 Å². The van der Waals surface area contributed by atoms with Gasteiger partial charge in [-0.25, -0.2) is 0 Å². The molecule has 0 bridgehead atoms. The second-order valence-corrected chi connectivity index (χ2v) is 4.42. The fourth-order valence-corrected chi connectivity index (χ4v) is 1.72. The molecule has 2 nitrogen and oxygen atoms in total. The van der Waals surface area contributed by atoms with Crippen molar-refractivity contribution in [2.75, 3.05) is 25.5 Å². The molecule has 0 aliphatic carbocycles. The van der Waals surface area contributed by atoms with Gasteiger partial charge >= 0.3 is 6.18 Å². The molecule has 0 radical (unpaired) electrons. The Bertz CT molecular complexity index is 386. The fraction of sp³-hybridized carbons (Fsp3) is 0.538. The first kappa shape index (κ1) is 14.8. The molecule has 0 saturated carbocycles. The highest BCUT2D eigenvalue weighted by molar-refractivity contribution is 5.55. The third-order valence-corrected chi connectivity index (χ3v) is 2.60. The SMILES string of the molecule is CCCNCc1ccc(N(C)C)c(C(F)(F)F)c1. The normalized spacial score (nSPS) is 11.7. The van der Waals surface area contributed by atoms with Crippen LogP contribution in [0.1, 0.15) is 24.5 Å². The van der Waals surface area contributed by atoms with Crippen LogP contribution >= 0.6 is 0 Å². The Morgan fingerprint density at radius 3 is 2.39 bits per heavy atom. The number of alkyl halides is 3. The molecule has 0 saturated heterocycles. The van der Waals surface area contributed by atoms with E-state index in [1.807, 2.05) is 6.92 Å². The lowest BCUT2D eigenvalue weighted by atomic mass is 10.1. The molecule has 1 rings (SSSR count). The highest BCUT2D eigenvalue weighted by atomic mass is 19.4. The highest BCUT2D eigenvalue weighted by Crippen LogP contribution is 2.36. The Labute approximate surface area is 106 Å². The van der Waals surface area contributed by atoms with E-state index in [9.17, 15) is 13.2 Å². The minimum Gasteiger partial charge on any atom is -0.377 e. The molecule has 0 atom stereocenters. The number of anilines is 1. The standard InChI is InChI=1S/C13H19F3N2/c1-4-7-17-9-10-5-6-12(18(2)3)11(8-10)13(14,15)16/h5-6,8,17H,4,7,9H2,1-3H3. The molecule has 0 aromatic heterocycles. The summed E-state index contributed by atoms with van der Waals surface area (Å²) in [7, 11) is 3.22. The fourth-order valence-electron chi connectivity index (χ4n) is 1.72. The van der Waals surface area contributed by atoms with Crippen LogP contribution in [-0.2, 0) is 12.7 Å². The first-order valence-corrected chi connectivity index (χ1v) is 5.94. The van der Waals surface area contributed by atoms with Gasteiger partial charge in [-0.15, -0.1) is 0 Å². The average Bonchev–Trinajstić information content (AvgIpc) is 2.28. The van der Waals surface area contributed by atoms with E-state index in [1.165, 1.54) is 17.0 Å². The maximum atomic E-state index is 12.9. The quantitative estimate of drug-likeness (QED) is 0.817. The van der Waals surface area contributed by atoms with Crippen molar-refractivity contribution < 1.29 is 13.2 Å². The van der Waals surface area contributed by atoms with E-state index >= 15 is 0 Å². The summed E-state index contributed by atoms with van der Waals surface area (Å²) in [5, 5.41) is 3.10. The Morgan fingerprint density at radius 1 is 1.22 bits per heavy atom. The van der Waals surface area contributed by atoms with Crippen molar-refractivity contribution in [1.82, 2.24) is 5.32 Å². The number of rotatable bonds is 5. The monoisotopic (exact) mass is 260 g/mol. The van der Waals surface area contributed by atoms with Gasteiger partial charge in [0.15, 0.2) is 0 Å². The lowest BCUT2D eigenvalue weighted by molar-refractivity contribution is -0.137. The van der Waals surface area contributed by atoms with Gasteiger partial charge in [0.05, 0.1) is 5.56 Å². The summed E-state index contributed by atoms with van der Waals surface area (Å²) in [6.45, 7) is 3.28. The third-order valence-electron chi connectivity index (χ3n) is 2.60. The largest absolute Gasteiger partial charge is 0.418 e. The van der Waals surface area contributed by atoms with Gasteiger partial charge in [-0.2, -0.15) is 13.2 Å². The number of hydrogen-bond acceptors (Lipinski definition) is 2. The molecule has 0 aliphatic rings. The zero-order valence-electron chi connectivity index (χ0n) is 10.9. The van der Waals surface area contributed by atoms with E-state index in [4.69, 9.17) is 0 Å². The van der Waals surface area contributed by atoms with Crippen LogP contribution in [0.15, 0.2) is 18.2 Å².